The smallest absolute Gasteiger partial charge is 0.344 e. The van der Waals surface area contributed by atoms with Crippen LogP contribution in [0, 0.1) is 0 Å². The first kappa shape index (κ1) is 14.3. The van der Waals surface area contributed by atoms with Crippen LogP contribution in [0.25, 0.3) is 10.9 Å². The summed E-state index contributed by atoms with van der Waals surface area (Å²) in [5.74, 6) is -0.385. The molecule has 1 heterocycles. The zero-order valence-corrected chi connectivity index (χ0v) is 12.0. The van der Waals surface area contributed by atoms with Crippen molar-refractivity contribution in [3.05, 3.63) is 34.0 Å². The van der Waals surface area contributed by atoms with Crippen LogP contribution in [-0.2, 0) is 15.5 Å². The van der Waals surface area contributed by atoms with Gasteiger partial charge in [-0.15, -0.1) is 0 Å². The van der Waals surface area contributed by atoms with Crippen LogP contribution in [0.3, 0.4) is 0 Å². The lowest BCUT2D eigenvalue weighted by molar-refractivity contribution is 0.0594. The van der Waals surface area contributed by atoms with Crippen molar-refractivity contribution in [2.24, 2.45) is 0 Å². The molecule has 6 nitrogen and oxygen atoms in total. The number of rotatable bonds is 3. The molecule has 106 valence electrons. The van der Waals surface area contributed by atoms with Crippen molar-refractivity contribution in [3.63, 3.8) is 0 Å². The topological polar surface area (TPSA) is 85.5 Å². The van der Waals surface area contributed by atoms with Gasteiger partial charge in [0.15, 0.2) is 0 Å². The number of hydrogen-bond donors (Lipinski definition) is 1. The van der Waals surface area contributed by atoms with Crippen LogP contribution in [0.1, 0.15) is 10.4 Å². The van der Waals surface area contributed by atoms with E-state index in [9.17, 15) is 13.8 Å². The number of H-pyrrole nitrogens is 1. The Bertz CT molecular complexity index is 765. The first-order valence-corrected chi connectivity index (χ1v) is 7.21. The van der Waals surface area contributed by atoms with Gasteiger partial charge in [0, 0.05) is 6.26 Å². The molecule has 0 aliphatic rings. The van der Waals surface area contributed by atoms with Gasteiger partial charge in [-0.05, 0) is 12.1 Å². The molecule has 1 unspecified atom stereocenters. The van der Waals surface area contributed by atoms with Crippen molar-refractivity contribution in [1.29, 1.82) is 0 Å². The average Bonchev–Trinajstić information content (AvgIpc) is 2.45. The third-order valence-electron chi connectivity index (χ3n) is 2.86. The third-order valence-corrected chi connectivity index (χ3v) is 3.74. The molecule has 20 heavy (non-hydrogen) atoms. The maximum atomic E-state index is 12.4. The predicted octanol–water partition coefficient (Wildman–Crippen LogP) is 1.06. The van der Waals surface area contributed by atoms with Gasteiger partial charge >= 0.3 is 5.97 Å². The Morgan fingerprint density at radius 2 is 2.00 bits per heavy atom. The summed E-state index contributed by atoms with van der Waals surface area (Å²) >= 11 is 0. The summed E-state index contributed by atoms with van der Waals surface area (Å²) in [6.07, 6.45) is 1.37. The summed E-state index contributed by atoms with van der Waals surface area (Å²) in [5, 5.41) is 0.304. The third kappa shape index (κ3) is 2.20. The molecule has 0 fully saturated rings. The number of benzene rings is 1. The number of pyridine rings is 1. The van der Waals surface area contributed by atoms with E-state index in [-0.39, 0.29) is 16.0 Å². The number of aromatic nitrogens is 1. The summed E-state index contributed by atoms with van der Waals surface area (Å²) in [7, 11) is 1.08. The first-order chi connectivity index (χ1) is 9.51. The van der Waals surface area contributed by atoms with Crippen LogP contribution in [0.4, 0.5) is 0 Å². The molecule has 2 rings (SSSR count). The van der Waals surface area contributed by atoms with E-state index in [0.29, 0.717) is 11.3 Å². The Morgan fingerprint density at radius 3 is 2.55 bits per heavy atom. The van der Waals surface area contributed by atoms with Gasteiger partial charge in [-0.2, -0.15) is 0 Å². The zero-order valence-electron chi connectivity index (χ0n) is 11.2. The van der Waals surface area contributed by atoms with E-state index in [4.69, 9.17) is 4.74 Å². The molecule has 1 aromatic carbocycles. The molecule has 7 heteroatoms. The molecule has 0 amide bonds. The van der Waals surface area contributed by atoms with Gasteiger partial charge in [-0.1, -0.05) is 6.07 Å². The summed E-state index contributed by atoms with van der Waals surface area (Å²) in [5.41, 5.74) is -0.373. The number of carbonyl (C=O) groups excluding carboxylic acids is 1. The minimum Gasteiger partial charge on any atom is -0.495 e. The van der Waals surface area contributed by atoms with Crippen molar-refractivity contribution >= 4 is 27.7 Å². The van der Waals surface area contributed by atoms with Crippen molar-refractivity contribution in [2.45, 2.75) is 5.03 Å². The van der Waals surface area contributed by atoms with Gasteiger partial charge in [0.1, 0.15) is 16.3 Å². The number of fused-ring (bicyclic) bond motifs is 1. The van der Waals surface area contributed by atoms with E-state index in [2.05, 4.69) is 9.72 Å². The van der Waals surface area contributed by atoms with E-state index >= 15 is 0 Å². The Morgan fingerprint density at radius 1 is 1.30 bits per heavy atom. The average molecular weight is 295 g/mol. The Hall–Kier alpha value is -2.15. The first-order valence-electron chi connectivity index (χ1n) is 5.66. The van der Waals surface area contributed by atoms with Crippen LogP contribution in [0.2, 0.25) is 0 Å². The quantitative estimate of drug-likeness (QED) is 0.856. The molecule has 1 aromatic heterocycles. The van der Waals surface area contributed by atoms with Gasteiger partial charge in [-0.3, -0.25) is 9.00 Å². The van der Waals surface area contributed by atoms with Crippen LogP contribution in [0.15, 0.2) is 28.0 Å². The minimum absolute atomic E-state index is 0.0267. The van der Waals surface area contributed by atoms with Gasteiger partial charge in [0.05, 0.1) is 35.9 Å². The van der Waals surface area contributed by atoms with Crippen LogP contribution in [-0.4, -0.2) is 35.6 Å². The molecule has 0 radical (unpaired) electrons. The monoisotopic (exact) mass is 295 g/mol. The summed E-state index contributed by atoms with van der Waals surface area (Å²) in [6.45, 7) is 0. The van der Waals surface area contributed by atoms with Gasteiger partial charge in [0.2, 0.25) is 5.43 Å². The van der Waals surface area contributed by atoms with E-state index in [0.717, 1.165) is 0 Å². The van der Waals surface area contributed by atoms with E-state index in [1.165, 1.54) is 20.5 Å². The number of ether oxygens (including phenoxy) is 2. The largest absolute Gasteiger partial charge is 0.495 e. The Kier molecular flexibility index (Phi) is 3.89. The SMILES string of the molecule is COC(=O)c1c(S(C)=O)[nH]c2c(OC)cccc2c1=O. The maximum Gasteiger partial charge on any atom is 0.344 e. The molecular weight excluding hydrogens is 282 g/mol. The molecule has 0 saturated heterocycles. The highest BCUT2D eigenvalue weighted by atomic mass is 32.2. The minimum atomic E-state index is -1.55. The highest BCUT2D eigenvalue weighted by molar-refractivity contribution is 7.84. The second-order valence-electron chi connectivity index (χ2n) is 3.99. The van der Waals surface area contributed by atoms with E-state index in [1.807, 2.05) is 0 Å². The van der Waals surface area contributed by atoms with Crippen molar-refractivity contribution in [2.75, 3.05) is 20.5 Å². The fourth-order valence-electron chi connectivity index (χ4n) is 1.94. The van der Waals surface area contributed by atoms with Crippen LogP contribution < -0.4 is 10.2 Å². The van der Waals surface area contributed by atoms with Crippen LogP contribution >= 0.6 is 0 Å². The normalized spacial score (nSPS) is 12.2. The lowest BCUT2D eigenvalue weighted by Crippen LogP contribution is -2.21. The molecule has 1 N–H and O–H groups in total. The van der Waals surface area contributed by atoms with Crippen LogP contribution in [0.5, 0.6) is 5.75 Å². The van der Waals surface area contributed by atoms with Gasteiger partial charge in [-0.25, -0.2) is 4.79 Å². The second kappa shape index (κ2) is 5.46. The molecule has 0 bridgehead atoms. The standard InChI is InChI=1S/C13H13NO5S/c1-18-8-6-4-5-7-10(8)14-12(20(3)17)9(11(7)15)13(16)19-2/h4-6H,1-3H3,(H,14,15). The highest BCUT2D eigenvalue weighted by Gasteiger charge is 2.22. The number of nitrogens with one attached hydrogen (secondary N) is 1. The zero-order chi connectivity index (χ0) is 14.9. The van der Waals surface area contributed by atoms with Gasteiger partial charge in [0.25, 0.3) is 0 Å². The fraction of sp³-hybridized carbons (Fsp3) is 0.231. The van der Waals surface area contributed by atoms with Gasteiger partial charge < -0.3 is 14.5 Å². The van der Waals surface area contributed by atoms with Crippen molar-refractivity contribution in [1.82, 2.24) is 4.98 Å². The number of esters is 1. The van der Waals surface area contributed by atoms with Crippen molar-refractivity contribution < 1.29 is 18.5 Å². The highest BCUT2D eigenvalue weighted by Crippen LogP contribution is 2.23. The second-order valence-corrected chi connectivity index (χ2v) is 5.30. The van der Waals surface area contributed by atoms with Crippen molar-refractivity contribution in [3.8, 4) is 5.75 Å². The lowest BCUT2D eigenvalue weighted by Gasteiger charge is -2.10. The molecule has 0 spiro atoms. The number of hydrogen-bond acceptors (Lipinski definition) is 5. The maximum absolute atomic E-state index is 12.4. The molecular formula is C13H13NO5S. The fourth-order valence-corrected chi connectivity index (χ4v) is 2.65. The number of carbonyl (C=O) groups is 1. The molecule has 0 aliphatic carbocycles. The number of aromatic amines is 1. The summed E-state index contributed by atoms with van der Waals surface area (Å²) in [4.78, 5) is 27.0. The molecule has 0 aliphatic heterocycles. The summed E-state index contributed by atoms with van der Waals surface area (Å²) in [6, 6.07) is 4.87. The Balaban J connectivity index is 2.97. The molecule has 2 aromatic rings. The lowest BCUT2D eigenvalue weighted by atomic mass is 10.1. The molecule has 0 saturated carbocycles. The number of methoxy groups -OCH3 is 2. The predicted molar refractivity (Wildman–Crippen MR) is 74.8 cm³/mol. The van der Waals surface area contributed by atoms with E-state index in [1.54, 1.807) is 18.2 Å². The number of para-hydroxylation sites is 1. The summed E-state index contributed by atoms with van der Waals surface area (Å²) < 4.78 is 21.5. The Labute approximate surface area is 117 Å². The van der Waals surface area contributed by atoms with E-state index < -0.39 is 22.2 Å². The molecule has 1 atom stereocenters.